The summed E-state index contributed by atoms with van der Waals surface area (Å²) in [6.45, 7) is 0.476. The van der Waals surface area contributed by atoms with Crippen LogP contribution in [0.5, 0.6) is 0 Å². The summed E-state index contributed by atoms with van der Waals surface area (Å²) in [4.78, 5) is 32.2. The fourth-order valence-electron chi connectivity index (χ4n) is 2.99. The molecule has 1 aliphatic heterocycles. The van der Waals surface area contributed by atoms with E-state index in [4.69, 9.17) is 0 Å². The highest BCUT2D eigenvalue weighted by Crippen LogP contribution is 2.26. The summed E-state index contributed by atoms with van der Waals surface area (Å²) in [6.07, 6.45) is 1.22. The number of para-hydroxylation sites is 1. The molecule has 1 N–H and O–H groups in total. The fourth-order valence-corrected chi connectivity index (χ4v) is 2.99. The Labute approximate surface area is 134 Å². The molecule has 1 aromatic heterocycles. The number of hydrogen-bond acceptors (Lipinski definition) is 4. The van der Waals surface area contributed by atoms with E-state index in [1.807, 2.05) is 43.3 Å². The number of likely N-dealkylation sites (tertiary alicyclic amines) is 1. The quantitative estimate of drug-likeness (QED) is 0.938. The van der Waals surface area contributed by atoms with Crippen LogP contribution >= 0.6 is 0 Å². The van der Waals surface area contributed by atoms with Crippen LogP contribution in [0.15, 0.2) is 30.3 Å². The van der Waals surface area contributed by atoms with Crippen LogP contribution in [0.1, 0.15) is 23.2 Å². The summed E-state index contributed by atoms with van der Waals surface area (Å²) in [6, 6.07) is 8.44. The van der Waals surface area contributed by atoms with Crippen molar-refractivity contribution >= 4 is 28.6 Å². The summed E-state index contributed by atoms with van der Waals surface area (Å²) in [5.74, 6) is -0.503. The second-order valence-electron chi connectivity index (χ2n) is 5.93. The number of anilines is 1. The predicted octanol–water partition coefficient (Wildman–Crippen LogP) is 1.99. The molecular formula is C17H19N3O3. The van der Waals surface area contributed by atoms with E-state index in [-0.39, 0.29) is 5.91 Å². The first kappa shape index (κ1) is 15.3. The number of carbonyl (C=O) groups excluding carboxylic acids is 1. The minimum Gasteiger partial charge on any atom is -0.480 e. The average molecular weight is 313 g/mol. The van der Waals surface area contributed by atoms with Crippen molar-refractivity contribution in [3.8, 4) is 0 Å². The highest BCUT2D eigenvalue weighted by atomic mass is 16.4. The van der Waals surface area contributed by atoms with Crippen LogP contribution in [0.2, 0.25) is 0 Å². The standard InChI is InChI=1S/C17H19N3O3/c1-19(2)15-10-12(11-6-3-4-7-13(11)18-15)16(21)20-9-5-8-14(20)17(22)23/h3-4,6-7,10,14H,5,8-9H2,1-2H3,(H,22,23)/t14-/m0/s1. The molecule has 0 unspecified atom stereocenters. The number of aliphatic carboxylic acids is 1. The molecule has 0 saturated carbocycles. The average Bonchev–Trinajstić information content (AvgIpc) is 3.03. The summed E-state index contributed by atoms with van der Waals surface area (Å²) in [5, 5.41) is 10.1. The Balaban J connectivity index is 2.11. The normalized spacial score (nSPS) is 17.5. The van der Waals surface area contributed by atoms with E-state index in [9.17, 15) is 14.7 Å². The lowest BCUT2D eigenvalue weighted by Gasteiger charge is -2.23. The Bertz CT molecular complexity index is 773. The molecule has 1 aliphatic rings. The number of hydrogen-bond donors (Lipinski definition) is 1. The predicted molar refractivity (Wildman–Crippen MR) is 87.8 cm³/mol. The fraction of sp³-hybridized carbons (Fsp3) is 0.353. The zero-order valence-corrected chi connectivity index (χ0v) is 13.2. The van der Waals surface area contributed by atoms with Gasteiger partial charge in [-0.2, -0.15) is 0 Å². The van der Waals surface area contributed by atoms with Crippen molar-refractivity contribution < 1.29 is 14.7 Å². The number of rotatable bonds is 3. The van der Waals surface area contributed by atoms with E-state index in [0.29, 0.717) is 30.8 Å². The van der Waals surface area contributed by atoms with Crippen molar-refractivity contribution in [3.05, 3.63) is 35.9 Å². The highest BCUT2D eigenvalue weighted by Gasteiger charge is 2.35. The van der Waals surface area contributed by atoms with Crippen molar-refractivity contribution in [2.45, 2.75) is 18.9 Å². The maximum absolute atomic E-state index is 13.0. The van der Waals surface area contributed by atoms with E-state index in [1.54, 1.807) is 6.07 Å². The zero-order chi connectivity index (χ0) is 16.6. The smallest absolute Gasteiger partial charge is 0.326 e. The maximum Gasteiger partial charge on any atom is 0.326 e. The molecular weight excluding hydrogens is 294 g/mol. The number of fused-ring (bicyclic) bond motifs is 1. The molecule has 0 aliphatic carbocycles. The Kier molecular flexibility index (Phi) is 3.90. The second-order valence-corrected chi connectivity index (χ2v) is 5.93. The topological polar surface area (TPSA) is 73.7 Å². The van der Waals surface area contributed by atoms with Gasteiger partial charge in [-0.1, -0.05) is 18.2 Å². The molecule has 6 nitrogen and oxygen atoms in total. The van der Waals surface area contributed by atoms with E-state index in [0.717, 1.165) is 10.9 Å². The largest absolute Gasteiger partial charge is 0.480 e. The van der Waals surface area contributed by atoms with E-state index in [1.165, 1.54) is 4.90 Å². The number of amides is 1. The van der Waals surface area contributed by atoms with Crippen LogP contribution < -0.4 is 4.90 Å². The number of carboxylic acid groups (broad SMARTS) is 1. The van der Waals surface area contributed by atoms with Gasteiger partial charge in [-0.05, 0) is 25.0 Å². The lowest BCUT2D eigenvalue weighted by Crippen LogP contribution is -2.40. The van der Waals surface area contributed by atoms with Gasteiger partial charge in [0.2, 0.25) is 0 Å². The minimum absolute atomic E-state index is 0.239. The lowest BCUT2D eigenvalue weighted by molar-refractivity contribution is -0.141. The number of nitrogens with zero attached hydrogens (tertiary/aromatic N) is 3. The molecule has 120 valence electrons. The number of aromatic nitrogens is 1. The van der Waals surface area contributed by atoms with Gasteiger partial charge in [-0.25, -0.2) is 9.78 Å². The number of pyridine rings is 1. The van der Waals surface area contributed by atoms with Crippen LogP contribution in [0.25, 0.3) is 10.9 Å². The van der Waals surface area contributed by atoms with E-state index >= 15 is 0 Å². The van der Waals surface area contributed by atoms with Crippen molar-refractivity contribution in [2.24, 2.45) is 0 Å². The molecule has 6 heteroatoms. The lowest BCUT2D eigenvalue weighted by atomic mass is 10.1. The van der Waals surface area contributed by atoms with Crippen molar-refractivity contribution in [3.63, 3.8) is 0 Å². The van der Waals surface area contributed by atoms with Gasteiger partial charge < -0.3 is 14.9 Å². The molecule has 1 saturated heterocycles. The Morgan fingerprint density at radius 2 is 2.04 bits per heavy atom. The molecule has 3 rings (SSSR count). The zero-order valence-electron chi connectivity index (χ0n) is 13.2. The Hall–Kier alpha value is -2.63. The molecule has 0 radical (unpaired) electrons. The molecule has 0 spiro atoms. The monoisotopic (exact) mass is 313 g/mol. The van der Waals surface area contributed by atoms with Crippen molar-refractivity contribution in [1.29, 1.82) is 0 Å². The summed E-state index contributed by atoms with van der Waals surface area (Å²) in [5.41, 5.74) is 1.24. The van der Waals surface area contributed by atoms with Crippen LogP contribution in [0, 0.1) is 0 Å². The molecule has 1 atom stereocenters. The number of benzene rings is 1. The molecule has 2 aromatic rings. The maximum atomic E-state index is 13.0. The van der Waals surface area contributed by atoms with Gasteiger partial charge in [-0.3, -0.25) is 4.79 Å². The third-order valence-corrected chi connectivity index (χ3v) is 4.19. The van der Waals surface area contributed by atoms with Gasteiger partial charge in [0.25, 0.3) is 5.91 Å². The molecule has 1 amide bonds. The first-order chi connectivity index (χ1) is 11.0. The summed E-state index contributed by atoms with van der Waals surface area (Å²) >= 11 is 0. The first-order valence-corrected chi connectivity index (χ1v) is 7.60. The minimum atomic E-state index is -0.943. The third-order valence-electron chi connectivity index (χ3n) is 4.19. The Morgan fingerprint density at radius 1 is 1.30 bits per heavy atom. The van der Waals surface area contributed by atoms with Gasteiger partial charge in [-0.15, -0.1) is 0 Å². The van der Waals surface area contributed by atoms with Gasteiger partial charge in [0.05, 0.1) is 11.1 Å². The SMILES string of the molecule is CN(C)c1cc(C(=O)N2CCC[C@H]2C(=O)O)c2ccccc2n1. The van der Waals surface area contributed by atoms with Crippen molar-refractivity contribution in [1.82, 2.24) is 9.88 Å². The van der Waals surface area contributed by atoms with Crippen LogP contribution in [0.3, 0.4) is 0 Å². The van der Waals surface area contributed by atoms with Gasteiger partial charge in [0.1, 0.15) is 11.9 Å². The molecule has 0 bridgehead atoms. The van der Waals surface area contributed by atoms with Gasteiger partial charge in [0, 0.05) is 26.0 Å². The molecule has 2 heterocycles. The van der Waals surface area contributed by atoms with Crippen LogP contribution in [-0.2, 0) is 4.79 Å². The Morgan fingerprint density at radius 3 is 2.74 bits per heavy atom. The van der Waals surface area contributed by atoms with Crippen LogP contribution in [0.4, 0.5) is 5.82 Å². The summed E-state index contributed by atoms with van der Waals surface area (Å²) in [7, 11) is 3.72. The molecule has 1 aromatic carbocycles. The number of carboxylic acids is 1. The molecule has 1 fully saturated rings. The second kappa shape index (κ2) is 5.87. The highest BCUT2D eigenvalue weighted by molar-refractivity contribution is 6.08. The molecule has 23 heavy (non-hydrogen) atoms. The number of carbonyl (C=O) groups is 2. The first-order valence-electron chi connectivity index (χ1n) is 7.60. The van der Waals surface area contributed by atoms with Gasteiger partial charge in [0.15, 0.2) is 0 Å². The van der Waals surface area contributed by atoms with Crippen LogP contribution in [-0.4, -0.2) is 53.5 Å². The van der Waals surface area contributed by atoms with E-state index in [2.05, 4.69) is 4.98 Å². The summed E-state index contributed by atoms with van der Waals surface area (Å²) < 4.78 is 0. The van der Waals surface area contributed by atoms with Crippen molar-refractivity contribution in [2.75, 3.05) is 25.5 Å². The van der Waals surface area contributed by atoms with E-state index < -0.39 is 12.0 Å². The van der Waals surface area contributed by atoms with Gasteiger partial charge >= 0.3 is 5.97 Å². The third kappa shape index (κ3) is 2.72.